The molecule has 0 saturated heterocycles. The van der Waals surface area contributed by atoms with Crippen LogP contribution in [0, 0.1) is 0 Å². The first-order chi connectivity index (χ1) is 13.9. The Morgan fingerprint density at radius 3 is 2.13 bits per heavy atom. The lowest BCUT2D eigenvalue weighted by Crippen LogP contribution is -2.06. The molecule has 0 unspecified atom stereocenters. The van der Waals surface area contributed by atoms with Gasteiger partial charge in [0.15, 0.2) is 5.65 Å². The lowest BCUT2D eigenvalue weighted by molar-refractivity contribution is -0.138. The summed E-state index contributed by atoms with van der Waals surface area (Å²) in [7, 11) is 0. The highest BCUT2D eigenvalue weighted by Gasteiger charge is 2.33. The zero-order chi connectivity index (χ0) is 21.8. The third kappa shape index (κ3) is 3.70. The van der Waals surface area contributed by atoms with E-state index < -0.39 is 23.5 Å². The number of nitrogens with zero attached hydrogens (tertiary/aromatic N) is 4. The van der Waals surface area contributed by atoms with Gasteiger partial charge in [-0.25, -0.2) is 4.98 Å². The van der Waals surface area contributed by atoms with E-state index in [0.717, 1.165) is 34.9 Å². The van der Waals surface area contributed by atoms with Gasteiger partial charge in [0.25, 0.3) is 5.89 Å². The largest absolute Gasteiger partial charge is 0.417 e. The molecular formula is C17H6Cl2F6N4O. The average molecular weight is 467 g/mol. The van der Waals surface area contributed by atoms with Gasteiger partial charge in [0.1, 0.15) is 5.69 Å². The van der Waals surface area contributed by atoms with Crippen molar-refractivity contribution in [2.24, 2.45) is 0 Å². The van der Waals surface area contributed by atoms with E-state index in [2.05, 4.69) is 15.1 Å². The molecule has 0 fully saturated rings. The molecule has 0 saturated carbocycles. The molecule has 13 heteroatoms. The quantitative estimate of drug-likeness (QED) is 0.321. The Morgan fingerprint density at radius 1 is 0.833 bits per heavy atom. The predicted octanol–water partition coefficient (Wildman–Crippen LogP) is 6.40. The molecule has 1 aromatic carbocycles. The number of hydrogen-bond acceptors (Lipinski definition) is 4. The minimum atomic E-state index is -4.61. The molecule has 3 heterocycles. The van der Waals surface area contributed by atoms with Crippen LogP contribution in [-0.4, -0.2) is 19.5 Å². The number of rotatable bonds is 2. The van der Waals surface area contributed by atoms with Crippen LogP contribution in [-0.2, 0) is 12.4 Å². The zero-order valence-corrected chi connectivity index (χ0v) is 15.7. The van der Waals surface area contributed by atoms with Crippen LogP contribution in [0.3, 0.4) is 0 Å². The van der Waals surface area contributed by atoms with E-state index >= 15 is 0 Å². The van der Waals surface area contributed by atoms with Gasteiger partial charge in [-0.1, -0.05) is 28.4 Å². The average Bonchev–Trinajstić information content (AvgIpc) is 3.26. The van der Waals surface area contributed by atoms with Gasteiger partial charge in [-0.2, -0.15) is 31.3 Å². The molecule has 5 nitrogen and oxygen atoms in total. The van der Waals surface area contributed by atoms with Gasteiger partial charge >= 0.3 is 12.4 Å². The highest BCUT2D eigenvalue weighted by Crippen LogP contribution is 2.36. The van der Waals surface area contributed by atoms with E-state index in [1.54, 1.807) is 0 Å². The van der Waals surface area contributed by atoms with Crippen molar-refractivity contribution in [1.82, 2.24) is 19.5 Å². The van der Waals surface area contributed by atoms with E-state index in [0.29, 0.717) is 0 Å². The van der Waals surface area contributed by atoms with Crippen molar-refractivity contribution in [3.8, 4) is 23.0 Å². The number of halogens is 8. The summed E-state index contributed by atoms with van der Waals surface area (Å²) in [5.41, 5.74) is -1.83. The van der Waals surface area contributed by atoms with Crippen LogP contribution in [0.4, 0.5) is 26.3 Å². The minimum absolute atomic E-state index is 0.0120. The Kier molecular flexibility index (Phi) is 4.70. The minimum Gasteiger partial charge on any atom is -0.332 e. The van der Waals surface area contributed by atoms with E-state index in [4.69, 9.17) is 27.7 Å². The number of aromatic nitrogens is 4. The first-order valence-corrected chi connectivity index (χ1v) is 8.66. The van der Waals surface area contributed by atoms with Gasteiger partial charge in [0.05, 0.1) is 21.2 Å². The summed E-state index contributed by atoms with van der Waals surface area (Å²) in [5.74, 6) is -0.308. The zero-order valence-electron chi connectivity index (χ0n) is 14.2. The molecule has 0 amide bonds. The van der Waals surface area contributed by atoms with Crippen LogP contribution in [0.2, 0.25) is 10.0 Å². The molecule has 0 aliphatic heterocycles. The molecule has 0 aliphatic rings. The van der Waals surface area contributed by atoms with Crippen LogP contribution in [0.5, 0.6) is 0 Å². The van der Waals surface area contributed by atoms with Crippen molar-refractivity contribution >= 4 is 28.8 Å². The van der Waals surface area contributed by atoms with E-state index in [-0.39, 0.29) is 38.7 Å². The van der Waals surface area contributed by atoms with Crippen molar-refractivity contribution in [3.05, 3.63) is 57.8 Å². The van der Waals surface area contributed by atoms with E-state index in [1.165, 1.54) is 6.20 Å². The topological polar surface area (TPSA) is 56.2 Å². The van der Waals surface area contributed by atoms with Crippen molar-refractivity contribution in [1.29, 1.82) is 0 Å². The summed E-state index contributed by atoms with van der Waals surface area (Å²) in [6.45, 7) is 0. The fourth-order valence-electron chi connectivity index (χ4n) is 2.62. The molecular weight excluding hydrogens is 461 g/mol. The molecule has 4 rings (SSSR count). The summed E-state index contributed by atoms with van der Waals surface area (Å²) in [4.78, 5) is 8.08. The number of pyridine rings is 1. The van der Waals surface area contributed by atoms with Crippen molar-refractivity contribution in [2.45, 2.75) is 12.4 Å². The van der Waals surface area contributed by atoms with E-state index in [1.807, 2.05) is 0 Å². The molecule has 0 atom stereocenters. The van der Waals surface area contributed by atoms with Gasteiger partial charge in [-0.05, 0) is 24.3 Å². The fraction of sp³-hybridized carbons (Fsp3) is 0.118. The first kappa shape index (κ1) is 20.5. The van der Waals surface area contributed by atoms with Crippen LogP contribution < -0.4 is 0 Å². The Bertz CT molecular complexity index is 1260. The first-order valence-electron chi connectivity index (χ1n) is 7.90. The van der Waals surface area contributed by atoms with E-state index in [9.17, 15) is 26.3 Å². The SMILES string of the molecule is FC(F)(F)c1ccc(-c2noc(-c3cn4cc(C(F)(F)F)cc(Cl)c4n3)n2)c(Cl)c1. The van der Waals surface area contributed by atoms with Crippen LogP contribution >= 0.6 is 23.2 Å². The summed E-state index contributed by atoms with van der Waals surface area (Å²) < 4.78 is 83.2. The maximum Gasteiger partial charge on any atom is 0.417 e. The Hall–Kier alpha value is -2.79. The smallest absolute Gasteiger partial charge is 0.332 e. The Balaban J connectivity index is 1.72. The van der Waals surface area contributed by atoms with Crippen molar-refractivity contribution in [2.75, 3.05) is 0 Å². The highest BCUT2D eigenvalue weighted by molar-refractivity contribution is 6.33. The number of hydrogen-bond donors (Lipinski definition) is 0. The van der Waals surface area contributed by atoms with Gasteiger partial charge in [-0.15, -0.1) is 0 Å². The second-order valence-electron chi connectivity index (χ2n) is 6.05. The molecule has 156 valence electrons. The maximum atomic E-state index is 12.9. The summed E-state index contributed by atoms with van der Waals surface area (Å²) in [6, 6.07) is 3.34. The van der Waals surface area contributed by atoms with Gasteiger partial charge in [0, 0.05) is 18.0 Å². The fourth-order valence-corrected chi connectivity index (χ4v) is 3.15. The maximum absolute atomic E-state index is 12.9. The molecule has 4 aromatic rings. The van der Waals surface area contributed by atoms with Crippen LogP contribution in [0.25, 0.3) is 28.6 Å². The second-order valence-corrected chi connectivity index (χ2v) is 6.86. The molecule has 30 heavy (non-hydrogen) atoms. The van der Waals surface area contributed by atoms with Gasteiger partial charge in [-0.3, -0.25) is 0 Å². The Labute approximate surface area is 172 Å². The highest BCUT2D eigenvalue weighted by atomic mass is 35.5. The van der Waals surface area contributed by atoms with Gasteiger partial charge < -0.3 is 8.92 Å². The monoisotopic (exact) mass is 466 g/mol. The van der Waals surface area contributed by atoms with Gasteiger partial charge in [0.2, 0.25) is 5.82 Å². The summed E-state index contributed by atoms with van der Waals surface area (Å²) >= 11 is 11.8. The number of fused-ring (bicyclic) bond motifs is 1. The molecule has 0 N–H and O–H groups in total. The van der Waals surface area contributed by atoms with Crippen molar-refractivity contribution < 1.29 is 30.9 Å². The molecule has 3 aromatic heterocycles. The predicted molar refractivity (Wildman–Crippen MR) is 93.9 cm³/mol. The van der Waals surface area contributed by atoms with Crippen LogP contribution in [0.15, 0.2) is 41.2 Å². The number of alkyl halides is 6. The summed E-state index contributed by atoms with van der Waals surface area (Å²) in [6.07, 6.45) is -7.20. The third-order valence-electron chi connectivity index (χ3n) is 4.02. The second kappa shape index (κ2) is 6.88. The number of imidazole rings is 1. The molecule has 0 radical (unpaired) electrons. The lowest BCUT2D eigenvalue weighted by atomic mass is 10.1. The lowest BCUT2D eigenvalue weighted by Gasteiger charge is -2.07. The third-order valence-corrected chi connectivity index (χ3v) is 4.61. The standard InChI is InChI=1S/C17H6Cl2F6N4O/c18-10-3-7(16(20,21)22)1-2-9(10)13-27-15(30-28-13)12-6-29-5-8(17(23,24)25)4-11(19)14(29)26-12/h1-6H. The molecule has 0 aliphatic carbocycles. The Morgan fingerprint density at radius 2 is 1.50 bits per heavy atom. The normalized spacial score (nSPS) is 12.7. The van der Waals surface area contributed by atoms with Crippen LogP contribution in [0.1, 0.15) is 11.1 Å². The van der Waals surface area contributed by atoms with Crippen molar-refractivity contribution in [3.63, 3.8) is 0 Å². The molecule has 0 spiro atoms. The molecule has 0 bridgehead atoms. The summed E-state index contributed by atoms with van der Waals surface area (Å²) in [5, 5.41) is 3.14. The number of benzene rings is 1.